The predicted molar refractivity (Wildman–Crippen MR) is 66.6 cm³/mol. The smallest absolute Gasteiger partial charge is 0.224 e. The molecule has 2 rings (SSSR count). The maximum atomic E-state index is 11.8. The summed E-state index contributed by atoms with van der Waals surface area (Å²) in [6.45, 7) is 6.70. The first-order valence-corrected chi connectivity index (χ1v) is 6.53. The number of hydrogen-bond donors (Lipinski definition) is 2. The van der Waals surface area contributed by atoms with E-state index < -0.39 is 0 Å². The van der Waals surface area contributed by atoms with Gasteiger partial charge in [-0.05, 0) is 38.4 Å². The molecule has 1 amide bonds. The highest BCUT2D eigenvalue weighted by atomic mass is 32.1. The lowest BCUT2D eigenvalue weighted by Crippen LogP contribution is -2.31. The van der Waals surface area contributed by atoms with E-state index in [1.807, 2.05) is 0 Å². The first kappa shape index (κ1) is 11.6. The van der Waals surface area contributed by atoms with Gasteiger partial charge in [-0.15, -0.1) is 11.3 Å². The molecule has 2 heterocycles. The van der Waals surface area contributed by atoms with Crippen molar-refractivity contribution in [2.75, 3.05) is 13.1 Å². The monoisotopic (exact) mass is 238 g/mol. The van der Waals surface area contributed by atoms with Gasteiger partial charge < -0.3 is 10.6 Å². The molecule has 1 aromatic rings. The lowest BCUT2D eigenvalue weighted by Gasteiger charge is -2.08. The van der Waals surface area contributed by atoms with Crippen molar-refractivity contribution in [1.29, 1.82) is 0 Å². The fourth-order valence-electron chi connectivity index (χ4n) is 1.93. The quantitative estimate of drug-likeness (QED) is 0.839. The molecule has 1 aromatic heterocycles. The Hall–Kier alpha value is -0.870. The zero-order valence-corrected chi connectivity index (χ0v) is 10.6. The first-order chi connectivity index (χ1) is 7.66. The number of carbonyl (C=O) groups excluding carboxylic acids is 1. The number of hydrogen-bond acceptors (Lipinski definition) is 3. The summed E-state index contributed by atoms with van der Waals surface area (Å²) in [5.41, 5.74) is 1.32. The van der Waals surface area contributed by atoms with Gasteiger partial charge in [-0.25, -0.2) is 0 Å². The molecule has 0 spiro atoms. The third-order valence-corrected chi connectivity index (χ3v) is 4.24. The van der Waals surface area contributed by atoms with Crippen molar-refractivity contribution in [3.63, 3.8) is 0 Å². The van der Waals surface area contributed by atoms with Crippen LogP contribution in [0.25, 0.3) is 0 Å². The van der Waals surface area contributed by atoms with E-state index >= 15 is 0 Å². The Kier molecular flexibility index (Phi) is 3.61. The van der Waals surface area contributed by atoms with Gasteiger partial charge in [0.15, 0.2) is 0 Å². The van der Waals surface area contributed by atoms with Crippen molar-refractivity contribution in [2.45, 2.75) is 26.8 Å². The standard InChI is InChI=1S/C12H18N2OS/c1-8-5-11(16-9(8)2)7-14-12(15)10-3-4-13-6-10/h5,10,13H,3-4,6-7H2,1-2H3,(H,14,15). The molecule has 0 saturated carbocycles. The fourth-order valence-corrected chi connectivity index (χ4v) is 2.93. The number of carbonyl (C=O) groups is 1. The third-order valence-electron chi connectivity index (χ3n) is 3.08. The SMILES string of the molecule is Cc1cc(CNC(=O)C2CCNC2)sc1C. The summed E-state index contributed by atoms with van der Waals surface area (Å²) in [5.74, 6) is 0.357. The van der Waals surface area contributed by atoms with E-state index in [2.05, 4.69) is 30.5 Å². The molecule has 1 saturated heterocycles. The van der Waals surface area contributed by atoms with Crippen LogP contribution in [0.3, 0.4) is 0 Å². The van der Waals surface area contributed by atoms with Crippen molar-refractivity contribution in [1.82, 2.24) is 10.6 Å². The van der Waals surface area contributed by atoms with Crippen LogP contribution in [-0.4, -0.2) is 19.0 Å². The number of aryl methyl sites for hydroxylation is 2. The maximum Gasteiger partial charge on any atom is 0.224 e. The van der Waals surface area contributed by atoms with Crippen LogP contribution in [0.1, 0.15) is 21.7 Å². The van der Waals surface area contributed by atoms with Crippen LogP contribution >= 0.6 is 11.3 Å². The van der Waals surface area contributed by atoms with E-state index in [9.17, 15) is 4.79 Å². The van der Waals surface area contributed by atoms with Crippen LogP contribution in [0, 0.1) is 19.8 Å². The highest BCUT2D eigenvalue weighted by molar-refractivity contribution is 7.12. The van der Waals surface area contributed by atoms with E-state index in [1.54, 1.807) is 11.3 Å². The van der Waals surface area contributed by atoms with Gasteiger partial charge in [0.05, 0.1) is 12.5 Å². The molecule has 1 aliphatic rings. The van der Waals surface area contributed by atoms with Gasteiger partial charge in [-0.1, -0.05) is 0 Å². The highest BCUT2D eigenvalue weighted by Gasteiger charge is 2.21. The van der Waals surface area contributed by atoms with Gasteiger partial charge in [-0.3, -0.25) is 4.79 Å². The van der Waals surface area contributed by atoms with Crippen LogP contribution in [0.5, 0.6) is 0 Å². The van der Waals surface area contributed by atoms with Crippen molar-refractivity contribution < 1.29 is 4.79 Å². The zero-order chi connectivity index (χ0) is 11.5. The molecule has 0 radical (unpaired) electrons. The van der Waals surface area contributed by atoms with Crippen molar-refractivity contribution in [3.8, 4) is 0 Å². The average Bonchev–Trinajstić information content (AvgIpc) is 2.86. The predicted octanol–water partition coefficient (Wildman–Crippen LogP) is 1.59. The van der Waals surface area contributed by atoms with E-state index in [0.717, 1.165) is 19.5 Å². The van der Waals surface area contributed by atoms with Crippen LogP contribution in [0.4, 0.5) is 0 Å². The Morgan fingerprint density at radius 2 is 2.44 bits per heavy atom. The van der Waals surface area contributed by atoms with Gasteiger partial charge in [0.1, 0.15) is 0 Å². The number of amides is 1. The molecule has 4 heteroatoms. The molecular formula is C12H18N2OS. The molecule has 2 N–H and O–H groups in total. The molecule has 0 aliphatic carbocycles. The average molecular weight is 238 g/mol. The summed E-state index contributed by atoms with van der Waals surface area (Å²) < 4.78 is 0. The summed E-state index contributed by atoms with van der Waals surface area (Å²) in [4.78, 5) is 14.3. The minimum Gasteiger partial charge on any atom is -0.351 e. The second-order valence-electron chi connectivity index (χ2n) is 4.36. The molecular weight excluding hydrogens is 220 g/mol. The molecule has 1 atom stereocenters. The third kappa shape index (κ3) is 2.62. The Bertz CT molecular complexity index is 361. The molecule has 1 unspecified atom stereocenters. The van der Waals surface area contributed by atoms with E-state index in [-0.39, 0.29) is 11.8 Å². The van der Waals surface area contributed by atoms with Crippen molar-refractivity contribution in [2.24, 2.45) is 5.92 Å². The zero-order valence-electron chi connectivity index (χ0n) is 9.80. The Morgan fingerprint density at radius 3 is 3.00 bits per heavy atom. The molecule has 0 bridgehead atoms. The Balaban J connectivity index is 1.84. The molecule has 88 valence electrons. The van der Waals surface area contributed by atoms with Crippen LogP contribution in [0.2, 0.25) is 0 Å². The number of nitrogens with one attached hydrogen (secondary N) is 2. The molecule has 1 aliphatic heterocycles. The highest BCUT2D eigenvalue weighted by Crippen LogP contribution is 2.20. The van der Waals surface area contributed by atoms with Crippen molar-refractivity contribution in [3.05, 3.63) is 21.4 Å². The molecule has 0 aromatic carbocycles. The van der Waals surface area contributed by atoms with Gasteiger partial charge in [0, 0.05) is 16.3 Å². The van der Waals surface area contributed by atoms with E-state index in [0.29, 0.717) is 6.54 Å². The first-order valence-electron chi connectivity index (χ1n) is 5.71. The second-order valence-corrected chi connectivity index (χ2v) is 5.70. The summed E-state index contributed by atoms with van der Waals surface area (Å²) in [7, 11) is 0. The minimum absolute atomic E-state index is 0.169. The summed E-state index contributed by atoms with van der Waals surface area (Å²) in [6.07, 6.45) is 0.967. The topological polar surface area (TPSA) is 41.1 Å². The van der Waals surface area contributed by atoms with Crippen LogP contribution < -0.4 is 10.6 Å². The second kappa shape index (κ2) is 4.97. The largest absolute Gasteiger partial charge is 0.351 e. The maximum absolute atomic E-state index is 11.8. The molecule has 3 nitrogen and oxygen atoms in total. The summed E-state index contributed by atoms with van der Waals surface area (Å²) >= 11 is 1.77. The van der Waals surface area contributed by atoms with Gasteiger partial charge in [-0.2, -0.15) is 0 Å². The summed E-state index contributed by atoms with van der Waals surface area (Å²) in [6, 6.07) is 2.16. The number of rotatable bonds is 3. The lowest BCUT2D eigenvalue weighted by atomic mass is 10.1. The molecule has 16 heavy (non-hydrogen) atoms. The van der Waals surface area contributed by atoms with Gasteiger partial charge in [0.2, 0.25) is 5.91 Å². The Labute approximate surface area is 100 Å². The fraction of sp³-hybridized carbons (Fsp3) is 0.583. The van der Waals surface area contributed by atoms with Gasteiger partial charge >= 0.3 is 0 Å². The van der Waals surface area contributed by atoms with Crippen LogP contribution in [0.15, 0.2) is 6.07 Å². The van der Waals surface area contributed by atoms with Crippen LogP contribution in [-0.2, 0) is 11.3 Å². The molecule has 1 fully saturated rings. The van der Waals surface area contributed by atoms with Crippen molar-refractivity contribution >= 4 is 17.2 Å². The summed E-state index contributed by atoms with van der Waals surface area (Å²) in [5, 5.41) is 6.22. The number of thiophene rings is 1. The minimum atomic E-state index is 0.169. The normalized spacial score (nSPS) is 20.0. The van der Waals surface area contributed by atoms with E-state index in [1.165, 1.54) is 15.3 Å². The van der Waals surface area contributed by atoms with Gasteiger partial charge in [0.25, 0.3) is 0 Å². The lowest BCUT2D eigenvalue weighted by molar-refractivity contribution is -0.124. The Morgan fingerprint density at radius 1 is 1.62 bits per heavy atom. The van der Waals surface area contributed by atoms with E-state index in [4.69, 9.17) is 0 Å².